The molecule has 1 aliphatic heterocycles. The molecule has 0 radical (unpaired) electrons. The number of carbonyl (C=O) groups excluding carboxylic acids is 3. The number of aliphatic carboxylic acids is 1. The van der Waals surface area contributed by atoms with Crippen molar-refractivity contribution < 1.29 is 24.3 Å². The Kier molecular flexibility index (Phi) is 10.7. The van der Waals surface area contributed by atoms with Gasteiger partial charge in [-0.05, 0) is 36.7 Å². The number of nitrogens with one attached hydrogen (secondary N) is 2. The highest BCUT2D eigenvalue weighted by molar-refractivity contribution is 5.94. The first-order valence-electron chi connectivity index (χ1n) is 12.5. The molecule has 35 heavy (non-hydrogen) atoms. The van der Waals surface area contributed by atoms with E-state index >= 15 is 0 Å². The van der Waals surface area contributed by atoms with Gasteiger partial charge in [0, 0.05) is 13.0 Å². The molecule has 1 heterocycles. The first-order valence-corrected chi connectivity index (χ1v) is 12.5. The van der Waals surface area contributed by atoms with Crippen LogP contribution in [0.3, 0.4) is 0 Å². The first-order chi connectivity index (χ1) is 16.5. The van der Waals surface area contributed by atoms with Crippen LogP contribution in [0.2, 0.25) is 0 Å². The summed E-state index contributed by atoms with van der Waals surface area (Å²) in [5.74, 6) is -2.28. The van der Waals surface area contributed by atoms with Gasteiger partial charge in [0.05, 0.1) is 6.04 Å². The lowest BCUT2D eigenvalue weighted by molar-refractivity contribution is -0.145. The van der Waals surface area contributed by atoms with Crippen LogP contribution in [0.15, 0.2) is 30.3 Å². The number of carboxylic acid groups (broad SMARTS) is 1. The predicted molar refractivity (Wildman–Crippen MR) is 133 cm³/mol. The molecule has 0 bridgehead atoms. The van der Waals surface area contributed by atoms with E-state index in [0.29, 0.717) is 32.2 Å². The van der Waals surface area contributed by atoms with E-state index in [2.05, 4.69) is 10.6 Å². The van der Waals surface area contributed by atoms with Gasteiger partial charge in [0.25, 0.3) is 0 Å². The van der Waals surface area contributed by atoms with Gasteiger partial charge in [0.2, 0.25) is 17.7 Å². The minimum Gasteiger partial charge on any atom is -0.480 e. The summed E-state index contributed by atoms with van der Waals surface area (Å²) in [5, 5.41) is 15.1. The average Bonchev–Trinajstić information content (AvgIpc) is 3.31. The van der Waals surface area contributed by atoms with Gasteiger partial charge in [-0.3, -0.25) is 14.4 Å². The number of hydrogen-bond acceptors (Lipinski definition) is 5. The van der Waals surface area contributed by atoms with Crippen molar-refractivity contribution in [1.29, 1.82) is 0 Å². The third-order valence-corrected chi connectivity index (χ3v) is 6.57. The maximum Gasteiger partial charge on any atom is 0.326 e. The summed E-state index contributed by atoms with van der Waals surface area (Å²) in [6.45, 7) is 8.12. The van der Waals surface area contributed by atoms with Gasteiger partial charge in [-0.25, -0.2) is 4.79 Å². The van der Waals surface area contributed by atoms with E-state index in [1.807, 2.05) is 45.9 Å². The summed E-state index contributed by atoms with van der Waals surface area (Å²) in [5.41, 5.74) is 6.82. The van der Waals surface area contributed by atoms with E-state index in [4.69, 9.17) is 5.73 Å². The predicted octanol–water partition coefficient (Wildman–Crippen LogP) is 1.69. The van der Waals surface area contributed by atoms with E-state index in [1.165, 1.54) is 4.90 Å². The Labute approximate surface area is 207 Å². The Hall–Kier alpha value is -2.94. The molecular formula is C26H40N4O5. The van der Waals surface area contributed by atoms with E-state index < -0.39 is 36.0 Å². The number of carboxylic acids is 1. The average molecular weight is 489 g/mol. The fraction of sp³-hybridized carbons (Fsp3) is 0.615. The third-order valence-electron chi connectivity index (χ3n) is 6.57. The van der Waals surface area contributed by atoms with Crippen LogP contribution < -0.4 is 16.4 Å². The fourth-order valence-electron chi connectivity index (χ4n) is 4.36. The molecule has 5 atom stereocenters. The molecule has 1 fully saturated rings. The van der Waals surface area contributed by atoms with Crippen molar-refractivity contribution >= 4 is 23.7 Å². The largest absolute Gasteiger partial charge is 0.480 e. The van der Waals surface area contributed by atoms with Gasteiger partial charge >= 0.3 is 5.97 Å². The van der Waals surface area contributed by atoms with Crippen molar-refractivity contribution in [1.82, 2.24) is 15.5 Å². The fourth-order valence-corrected chi connectivity index (χ4v) is 4.36. The van der Waals surface area contributed by atoms with E-state index in [9.17, 15) is 24.3 Å². The molecule has 194 valence electrons. The molecule has 9 nitrogen and oxygen atoms in total. The minimum absolute atomic E-state index is 0.141. The number of rotatable bonds is 12. The highest BCUT2D eigenvalue weighted by Crippen LogP contribution is 2.22. The molecule has 0 aromatic heterocycles. The van der Waals surface area contributed by atoms with E-state index in [1.54, 1.807) is 12.1 Å². The number of hydrogen-bond donors (Lipinski definition) is 4. The molecule has 1 aromatic carbocycles. The van der Waals surface area contributed by atoms with Gasteiger partial charge in [-0.1, -0.05) is 64.4 Å². The zero-order valence-electron chi connectivity index (χ0n) is 21.2. The number of benzene rings is 1. The lowest BCUT2D eigenvalue weighted by atomic mass is 9.96. The molecule has 5 N–H and O–H groups in total. The standard InChI is InChI=1S/C26H40N4O5/c1-5-17(4)22(29-23(31)19(27)14-16(2)3)25(33)30-13-9-12-21(30)24(32)28-20(26(34)35)15-18-10-7-6-8-11-18/h6-8,10-11,16-17,19-22H,5,9,12-15,27H2,1-4H3,(H,28,32)(H,29,31)(H,34,35). The SMILES string of the molecule is CCC(C)C(NC(=O)C(N)CC(C)C)C(=O)N1CCCC1C(=O)NC(Cc1ccccc1)C(=O)O. The first kappa shape index (κ1) is 28.3. The van der Waals surface area contributed by atoms with Crippen LogP contribution in [0.4, 0.5) is 0 Å². The zero-order chi connectivity index (χ0) is 26.1. The summed E-state index contributed by atoms with van der Waals surface area (Å²) in [4.78, 5) is 52.6. The van der Waals surface area contributed by atoms with Crippen LogP contribution in [0.1, 0.15) is 58.9 Å². The quantitative estimate of drug-likeness (QED) is 0.353. The molecule has 5 unspecified atom stereocenters. The van der Waals surface area contributed by atoms with Gasteiger partial charge in [0.15, 0.2) is 0 Å². The summed E-state index contributed by atoms with van der Waals surface area (Å²) in [6, 6.07) is 5.64. The smallest absolute Gasteiger partial charge is 0.326 e. The van der Waals surface area contributed by atoms with Gasteiger partial charge in [-0.15, -0.1) is 0 Å². The van der Waals surface area contributed by atoms with E-state index in [0.717, 1.165) is 5.56 Å². The Morgan fingerprint density at radius 1 is 1.11 bits per heavy atom. The summed E-state index contributed by atoms with van der Waals surface area (Å²) < 4.78 is 0. The van der Waals surface area contributed by atoms with Crippen molar-refractivity contribution in [2.45, 2.75) is 84.0 Å². The molecule has 1 aliphatic rings. The van der Waals surface area contributed by atoms with Crippen LogP contribution in [-0.4, -0.2) is 64.4 Å². The van der Waals surface area contributed by atoms with Gasteiger partial charge in [-0.2, -0.15) is 0 Å². The Morgan fingerprint density at radius 2 is 1.77 bits per heavy atom. The minimum atomic E-state index is -1.14. The van der Waals surface area contributed by atoms with Crippen molar-refractivity contribution in [2.75, 3.05) is 6.54 Å². The zero-order valence-corrected chi connectivity index (χ0v) is 21.2. The van der Waals surface area contributed by atoms with Crippen LogP contribution in [0, 0.1) is 11.8 Å². The lowest BCUT2D eigenvalue weighted by Gasteiger charge is -2.32. The van der Waals surface area contributed by atoms with Gasteiger partial charge in [0.1, 0.15) is 18.1 Å². The Bertz CT molecular complexity index is 876. The lowest BCUT2D eigenvalue weighted by Crippen LogP contribution is -2.58. The topological polar surface area (TPSA) is 142 Å². The van der Waals surface area contributed by atoms with Crippen LogP contribution >= 0.6 is 0 Å². The number of nitrogens with zero attached hydrogens (tertiary/aromatic N) is 1. The molecule has 9 heteroatoms. The number of likely N-dealkylation sites (tertiary alicyclic amines) is 1. The summed E-state index contributed by atoms with van der Waals surface area (Å²) >= 11 is 0. The highest BCUT2D eigenvalue weighted by atomic mass is 16.4. The second kappa shape index (κ2) is 13.2. The number of carbonyl (C=O) groups is 4. The number of nitrogens with two attached hydrogens (primary N) is 1. The summed E-state index contributed by atoms with van der Waals surface area (Å²) in [6.07, 6.45) is 2.35. The maximum absolute atomic E-state index is 13.5. The molecule has 1 aromatic rings. The van der Waals surface area contributed by atoms with Crippen LogP contribution in [-0.2, 0) is 25.6 Å². The molecule has 3 amide bonds. The second-order valence-electron chi connectivity index (χ2n) is 9.89. The third kappa shape index (κ3) is 8.06. The van der Waals surface area contributed by atoms with E-state index in [-0.39, 0.29) is 30.1 Å². The monoisotopic (exact) mass is 488 g/mol. The molecular weight excluding hydrogens is 448 g/mol. The molecule has 0 saturated carbocycles. The van der Waals surface area contributed by atoms with Gasteiger partial charge < -0.3 is 26.4 Å². The van der Waals surface area contributed by atoms with Crippen molar-refractivity contribution in [3.8, 4) is 0 Å². The molecule has 0 aliphatic carbocycles. The summed E-state index contributed by atoms with van der Waals surface area (Å²) in [7, 11) is 0. The maximum atomic E-state index is 13.5. The van der Waals surface area contributed by atoms with Crippen molar-refractivity contribution in [3.63, 3.8) is 0 Å². The highest BCUT2D eigenvalue weighted by Gasteiger charge is 2.40. The van der Waals surface area contributed by atoms with Crippen LogP contribution in [0.5, 0.6) is 0 Å². The normalized spacial score (nSPS) is 19.0. The molecule has 2 rings (SSSR count). The molecule has 1 saturated heterocycles. The second-order valence-corrected chi connectivity index (χ2v) is 9.89. The molecule has 0 spiro atoms. The van der Waals surface area contributed by atoms with Crippen molar-refractivity contribution in [3.05, 3.63) is 35.9 Å². The number of amides is 3. The Morgan fingerprint density at radius 3 is 2.34 bits per heavy atom. The van der Waals surface area contributed by atoms with Crippen molar-refractivity contribution in [2.24, 2.45) is 17.6 Å². The Balaban J connectivity index is 2.13. The van der Waals surface area contributed by atoms with Crippen LogP contribution in [0.25, 0.3) is 0 Å².